The lowest BCUT2D eigenvalue weighted by Gasteiger charge is -2.06. The molecule has 58 valence electrons. The maximum absolute atomic E-state index is 9.61. The Kier molecular flexibility index (Phi) is 1.43. The molecule has 0 saturated carbocycles. The summed E-state index contributed by atoms with van der Waals surface area (Å²) in [5, 5.41) is 9.61. The van der Waals surface area contributed by atoms with Gasteiger partial charge in [0.2, 0.25) is 0 Å². The van der Waals surface area contributed by atoms with Crippen molar-refractivity contribution >= 4 is 0 Å². The second-order valence-electron chi connectivity index (χ2n) is 3.17. The highest BCUT2D eigenvalue weighted by atomic mass is 16.3. The summed E-state index contributed by atoms with van der Waals surface area (Å²) in [4.78, 5) is 4.20. The highest BCUT2D eigenvalue weighted by molar-refractivity contribution is 5.28. The van der Waals surface area contributed by atoms with Crippen LogP contribution in [-0.2, 0) is 6.42 Å². The Morgan fingerprint density at radius 2 is 2.45 bits per heavy atom. The molecule has 0 aliphatic heterocycles. The number of hydrogen-bond donors (Lipinski definition) is 1. The lowest BCUT2D eigenvalue weighted by molar-refractivity contribution is 0.133. The van der Waals surface area contributed by atoms with Gasteiger partial charge in [-0.2, -0.15) is 0 Å². The van der Waals surface area contributed by atoms with Crippen LogP contribution in [0.25, 0.3) is 0 Å². The van der Waals surface area contributed by atoms with Crippen LogP contribution in [0.5, 0.6) is 0 Å². The first-order chi connectivity index (χ1) is 5.29. The van der Waals surface area contributed by atoms with Crippen LogP contribution >= 0.6 is 0 Å². The van der Waals surface area contributed by atoms with E-state index < -0.39 is 0 Å². The van der Waals surface area contributed by atoms with Gasteiger partial charge in [0, 0.05) is 17.5 Å². The van der Waals surface area contributed by atoms with Crippen LogP contribution in [0.15, 0.2) is 18.3 Å². The summed E-state index contributed by atoms with van der Waals surface area (Å²) >= 11 is 0. The van der Waals surface area contributed by atoms with E-state index in [0.717, 1.165) is 17.7 Å². The van der Waals surface area contributed by atoms with Gasteiger partial charge in [-0.3, -0.25) is 4.98 Å². The number of rotatable bonds is 0. The summed E-state index contributed by atoms with van der Waals surface area (Å²) in [6, 6.07) is 3.83. The van der Waals surface area contributed by atoms with Gasteiger partial charge in [-0.15, -0.1) is 0 Å². The Labute approximate surface area is 65.9 Å². The van der Waals surface area contributed by atoms with E-state index in [2.05, 4.69) is 4.98 Å². The number of aromatic nitrogens is 1. The predicted molar refractivity (Wildman–Crippen MR) is 42.1 cm³/mol. The van der Waals surface area contributed by atoms with Crippen LogP contribution in [0.2, 0.25) is 0 Å². The van der Waals surface area contributed by atoms with Gasteiger partial charge in [0.15, 0.2) is 0 Å². The summed E-state index contributed by atoms with van der Waals surface area (Å²) < 4.78 is 0. The van der Waals surface area contributed by atoms with E-state index in [9.17, 15) is 5.11 Å². The van der Waals surface area contributed by atoms with E-state index in [-0.39, 0.29) is 6.10 Å². The first-order valence-corrected chi connectivity index (χ1v) is 3.91. The third-order valence-corrected chi connectivity index (χ3v) is 2.30. The van der Waals surface area contributed by atoms with Crippen molar-refractivity contribution in [1.29, 1.82) is 0 Å². The molecule has 1 aromatic heterocycles. The van der Waals surface area contributed by atoms with Crippen LogP contribution in [0, 0.1) is 5.92 Å². The van der Waals surface area contributed by atoms with E-state index in [1.54, 1.807) is 6.20 Å². The molecule has 2 atom stereocenters. The van der Waals surface area contributed by atoms with Crippen LogP contribution < -0.4 is 0 Å². The average Bonchev–Trinajstić information content (AvgIpc) is 2.30. The lowest BCUT2D eigenvalue weighted by Crippen LogP contribution is -2.00. The number of fused-ring (bicyclic) bond motifs is 1. The minimum Gasteiger partial charge on any atom is -0.388 e. The second-order valence-corrected chi connectivity index (χ2v) is 3.17. The minimum absolute atomic E-state index is 0.293. The Hall–Kier alpha value is -0.890. The van der Waals surface area contributed by atoms with Crippen LogP contribution in [0.1, 0.15) is 24.3 Å². The van der Waals surface area contributed by atoms with Crippen molar-refractivity contribution in [2.75, 3.05) is 0 Å². The molecule has 1 heterocycles. The van der Waals surface area contributed by atoms with Gasteiger partial charge < -0.3 is 5.11 Å². The van der Waals surface area contributed by atoms with E-state index in [0.29, 0.717) is 5.92 Å². The maximum atomic E-state index is 9.61. The Morgan fingerprint density at radius 3 is 3.18 bits per heavy atom. The summed E-state index contributed by atoms with van der Waals surface area (Å²) in [6.07, 6.45) is 2.40. The Balaban J connectivity index is 2.47. The zero-order valence-electron chi connectivity index (χ0n) is 6.49. The van der Waals surface area contributed by atoms with Gasteiger partial charge in [0.05, 0.1) is 6.10 Å². The number of aliphatic hydroxyl groups excluding tert-OH is 1. The fraction of sp³-hybridized carbons (Fsp3) is 0.444. The molecule has 11 heavy (non-hydrogen) atoms. The molecule has 2 nitrogen and oxygen atoms in total. The molecular weight excluding hydrogens is 138 g/mol. The summed E-state index contributed by atoms with van der Waals surface area (Å²) in [5.41, 5.74) is 2.08. The van der Waals surface area contributed by atoms with E-state index in [1.165, 1.54) is 0 Å². The number of aliphatic hydroxyl groups is 1. The minimum atomic E-state index is -0.293. The van der Waals surface area contributed by atoms with Gasteiger partial charge in [-0.1, -0.05) is 13.0 Å². The first kappa shape index (κ1) is 6.80. The molecule has 0 aromatic carbocycles. The number of pyridine rings is 1. The highest BCUT2D eigenvalue weighted by Gasteiger charge is 2.27. The molecule has 2 unspecified atom stereocenters. The van der Waals surface area contributed by atoms with Crippen molar-refractivity contribution in [1.82, 2.24) is 4.98 Å². The third-order valence-electron chi connectivity index (χ3n) is 2.30. The van der Waals surface area contributed by atoms with E-state index in [4.69, 9.17) is 0 Å². The maximum Gasteiger partial charge on any atom is 0.0836 e. The van der Waals surface area contributed by atoms with Crippen LogP contribution in [0.4, 0.5) is 0 Å². The fourth-order valence-electron chi connectivity index (χ4n) is 1.61. The molecule has 0 fully saturated rings. The van der Waals surface area contributed by atoms with Gasteiger partial charge in [0.25, 0.3) is 0 Å². The van der Waals surface area contributed by atoms with Crippen LogP contribution in [0.3, 0.4) is 0 Å². The zero-order chi connectivity index (χ0) is 7.84. The second kappa shape index (κ2) is 2.31. The van der Waals surface area contributed by atoms with Gasteiger partial charge in [0.1, 0.15) is 0 Å². The SMILES string of the molecule is CC1Cc2ncccc2C1O. The van der Waals surface area contributed by atoms with Crippen molar-refractivity contribution in [2.24, 2.45) is 5.92 Å². The smallest absolute Gasteiger partial charge is 0.0836 e. The van der Waals surface area contributed by atoms with Crippen molar-refractivity contribution in [3.05, 3.63) is 29.6 Å². The normalized spacial score (nSPS) is 28.5. The summed E-state index contributed by atoms with van der Waals surface area (Å²) in [5.74, 6) is 0.333. The molecule has 0 amide bonds. The van der Waals surface area contributed by atoms with Crippen LogP contribution in [-0.4, -0.2) is 10.1 Å². The lowest BCUT2D eigenvalue weighted by atomic mass is 10.1. The molecule has 2 rings (SSSR count). The van der Waals surface area contributed by atoms with E-state index >= 15 is 0 Å². The van der Waals surface area contributed by atoms with Gasteiger partial charge >= 0.3 is 0 Å². The van der Waals surface area contributed by atoms with Gasteiger partial charge in [-0.05, 0) is 18.4 Å². The molecule has 0 radical (unpaired) electrons. The van der Waals surface area contributed by atoms with Crippen molar-refractivity contribution < 1.29 is 5.11 Å². The quantitative estimate of drug-likeness (QED) is 0.603. The van der Waals surface area contributed by atoms with Crippen molar-refractivity contribution in [3.8, 4) is 0 Å². The summed E-state index contributed by atoms with van der Waals surface area (Å²) in [7, 11) is 0. The largest absolute Gasteiger partial charge is 0.388 e. The van der Waals surface area contributed by atoms with Gasteiger partial charge in [-0.25, -0.2) is 0 Å². The first-order valence-electron chi connectivity index (χ1n) is 3.91. The molecule has 1 aliphatic rings. The molecule has 0 spiro atoms. The number of nitrogens with zero attached hydrogens (tertiary/aromatic N) is 1. The summed E-state index contributed by atoms with van der Waals surface area (Å²) in [6.45, 7) is 2.05. The van der Waals surface area contributed by atoms with E-state index in [1.807, 2.05) is 19.1 Å². The topological polar surface area (TPSA) is 33.1 Å². The van der Waals surface area contributed by atoms with Crippen molar-refractivity contribution in [2.45, 2.75) is 19.4 Å². The molecule has 1 N–H and O–H groups in total. The number of hydrogen-bond acceptors (Lipinski definition) is 2. The zero-order valence-corrected chi connectivity index (χ0v) is 6.49. The third kappa shape index (κ3) is 0.942. The standard InChI is InChI=1S/C9H11NO/c1-6-5-8-7(9(6)11)3-2-4-10-8/h2-4,6,9,11H,5H2,1H3. The average molecular weight is 149 g/mol. The molecule has 2 heteroatoms. The molecular formula is C9H11NO. The fourth-order valence-corrected chi connectivity index (χ4v) is 1.61. The highest BCUT2D eigenvalue weighted by Crippen LogP contribution is 2.33. The molecule has 1 aromatic rings. The molecule has 0 saturated heterocycles. The monoisotopic (exact) mass is 149 g/mol. The van der Waals surface area contributed by atoms with Crippen molar-refractivity contribution in [3.63, 3.8) is 0 Å². The predicted octanol–water partition coefficient (Wildman–Crippen LogP) is 1.31. The molecule has 1 aliphatic carbocycles. The Bertz CT molecular complexity index is 272. The molecule has 0 bridgehead atoms. The Morgan fingerprint density at radius 1 is 1.64 bits per heavy atom.